The number of likely N-dealkylation sites (N-methyl/N-ethyl adjacent to an activating group) is 1. The van der Waals surface area contributed by atoms with Crippen LogP contribution in [0.15, 0.2) is 30.3 Å². The van der Waals surface area contributed by atoms with Crippen LogP contribution in [0, 0.1) is 0 Å². The van der Waals surface area contributed by atoms with Crippen molar-refractivity contribution in [3.63, 3.8) is 0 Å². The highest BCUT2D eigenvalue weighted by Gasteiger charge is 2.26. The van der Waals surface area contributed by atoms with Crippen LogP contribution in [0.4, 0.5) is 0 Å². The third kappa shape index (κ3) is 4.30. The number of rotatable bonds is 5. The zero-order chi connectivity index (χ0) is 13.7. The molecular formula is C16H25NO2. The Bertz CT molecular complexity index is 372. The average molecular weight is 263 g/mol. The molecule has 0 radical (unpaired) electrons. The largest absolute Gasteiger partial charge is 0.384 e. The molecule has 0 amide bonds. The monoisotopic (exact) mass is 263 g/mol. The summed E-state index contributed by atoms with van der Waals surface area (Å²) in [6.07, 6.45) is 3.90. The summed E-state index contributed by atoms with van der Waals surface area (Å²) in [4.78, 5) is 2.17. The number of aliphatic hydroxyl groups is 1. The minimum Gasteiger partial charge on any atom is -0.384 e. The SMILES string of the molecule is CN(CC1CCCCO1)CC(C)(O)c1ccccc1. The Balaban J connectivity index is 1.88. The molecule has 0 spiro atoms. The first-order valence-electron chi connectivity index (χ1n) is 7.16. The minimum atomic E-state index is -0.815. The van der Waals surface area contributed by atoms with Crippen molar-refractivity contribution in [2.24, 2.45) is 0 Å². The summed E-state index contributed by atoms with van der Waals surface area (Å²) in [7, 11) is 2.05. The second kappa shape index (κ2) is 6.51. The van der Waals surface area contributed by atoms with Crippen molar-refractivity contribution < 1.29 is 9.84 Å². The first-order valence-corrected chi connectivity index (χ1v) is 7.16. The molecule has 1 aromatic rings. The maximum Gasteiger partial charge on any atom is 0.0994 e. The topological polar surface area (TPSA) is 32.7 Å². The molecule has 0 aromatic heterocycles. The van der Waals surface area contributed by atoms with E-state index in [4.69, 9.17) is 4.74 Å². The molecule has 1 heterocycles. The Morgan fingerprint density at radius 2 is 2.05 bits per heavy atom. The third-order valence-corrected chi connectivity index (χ3v) is 3.76. The van der Waals surface area contributed by atoms with Crippen molar-refractivity contribution in [1.29, 1.82) is 0 Å². The van der Waals surface area contributed by atoms with Crippen LogP contribution in [0.1, 0.15) is 31.7 Å². The van der Waals surface area contributed by atoms with Crippen LogP contribution in [0.2, 0.25) is 0 Å². The maximum atomic E-state index is 10.6. The van der Waals surface area contributed by atoms with E-state index in [-0.39, 0.29) is 0 Å². The number of nitrogens with zero attached hydrogens (tertiary/aromatic N) is 1. The first kappa shape index (κ1) is 14.5. The van der Waals surface area contributed by atoms with E-state index >= 15 is 0 Å². The first-order chi connectivity index (χ1) is 9.08. The fraction of sp³-hybridized carbons (Fsp3) is 0.625. The number of benzene rings is 1. The fourth-order valence-corrected chi connectivity index (χ4v) is 2.78. The van der Waals surface area contributed by atoms with Crippen LogP contribution in [0.5, 0.6) is 0 Å². The molecule has 0 aliphatic carbocycles. The van der Waals surface area contributed by atoms with Gasteiger partial charge in [0.1, 0.15) is 0 Å². The van der Waals surface area contributed by atoms with Gasteiger partial charge in [-0.2, -0.15) is 0 Å². The lowest BCUT2D eigenvalue weighted by Crippen LogP contribution is -2.41. The van der Waals surface area contributed by atoms with E-state index < -0.39 is 5.60 Å². The van der Waals surface area contributed by atoms with Gasteiger partial charge >= 0.3 is 0 Å². The van der Waals surface area contributed by atoms with Gasteiger partial charge in [0.05, 0.1) is 11.7 Å². The molecule has 1 N–H and O–H groups in total. The zero-order valence-corrected chi connectivity index (χ0v) is 12.0. The molecule has 1 aromatic carbocycles. The Morgan fingerprint density at radius 3 is 2.68 bits per heavy atom. The van der Waals surface area contributed by atoms with Crippen LogP contribution in [-0.4, -0.2) is 42.9 Å². The van der Waals surface area contributed by atoms with Gasteiger partial charge in [-0.15, -0.1) is 0 Å². The Morgan fingerprint density at radius 1 is 1.32 bits per heavy atom. The van der Waals surface area contributed by atoms with Crippen LogP contribution < -0.4 is 0 Å². The van der Waals surface area contributed by atoms with E-state index in [1.807, 2.05) is 37.3 Å². The van der Waals surface area contributed by atoms with Gasteiger partial charge in [0.2, 0.25) is 0 Å². The van der Waals surface area contributed by atoms with Crippen molar-refractivity contribution in [1.82, 2.24) is 4.90 Å². The van der Waals surface area contributed by atoms with E-state index in [1.165, 1.54) is 12.8 Å². The summed E-state index contributed by atoms with van der Waals surface area (Å²) in [6.45, 7) is 4.27. The van der Waals surface area contributed by atoms with Crippen molar-refractivity contribution >= 4 is 0 Å². The highest BCUT2D eigenvalue weighted by molar-refractivity contribution is 5.21. The lowest BCUT2D eigenvalue weighted by Gasteiger charge is -2.32. The average Bonchev–Trinajstić information content (AvgIpc) is 2.40. The highest BCUT2D eigenvalue weighted by Crippen LogP contribution is 2.22. The second-order valence-corrected chi connectivity index (χ2v) is 5.83. The quantitative estimate of drug-likeness (QED) is 0.885. The molecule has 3 heteroatoms. The molecule has 1 aliphatic heterocycles. The predicted molar refractivity (Wildman–Crippen MR) is 77.1 cm³/mol. The number of ether oxygens (including phenoxy) is 1. The maximum absolute atomic E-state index is 10.6. The van der Waals surface area contributed by atoms with Gasteiger partial charge in [0.15, 0.2) is 0 Å². The molecule has 3 nitrogen and oxygen atoms in total. The molecule has 1 saturated heterocycles. The molecule has 2 atom stereocenters. The normalized spacial score (nSPS) is 23.3. The van der Waals surface area contributed by atoms with Gasteiger partial charge in [0.25, 0.3) is 0 Å². The Kier molecular flexibility index (Phi) is 4.97. The summed E-state index contributed by atoms with van der Waals surface area (Å²) in [5.74, 6) is 0. The fourth-order valence-electron chi connectivity index (χ4n) is 2.78. The second-order valence-electron chi connectivity index (χ2n) is 5.83. The van der Waals surface area contributed by atoms with Crippen LogP contribution in [-0.2, 0) is 10.3 Å². The molecule has 19 heavy (non-hydrogen) atoms. The van der Waals surface area contributed by atoms with E-state index in [2.05, 4.69) is 11.9 Å². The van der Waals surface area contributed by atoms with Gasteiger partial charge in [-0.1, -0.05) is 30.3 Å². The Hall–Kier alpha value is -0.900. The summed E-state index contributed by atoms with van der Waals surface area (Å²) in [6, 6.07) is 9.86. The van der Waals surface area contributed by atoms with E-state index in [9.17, 15) is 5.11 Å². The molecular weight excluding hydrogens is 238 g/mol. The van der Waals surface area contributed by atoms with Crippen LogP contribution >= 0.6 is 0 Å². The van der Waals surface area contributed by atoms with E-state index in [0.29, 0.717) is 12.6 Å². The third-order valence-electron chi connectivity index (χ3n) is 3.76. The predicted octanol–water partition coefficient (Wildman–Crippen LogP) is 2.40. The molecule has 106 valence electrons. The standard InChI is InChI=1S/C16H25NO2/c1-16(18,14-8-4-3-5-9-14)13-17(2)12-15-10-6-7-11-19-15/h3-5,8-9,15,18H,6-7,10-13H2,1-2H3. The van der Waals surface area contributed by atoms with Crippen molar-refractivity contribution in [3.05, 3.63) is 35.9 Å². The molecule has 2 rings (SSSR count). The molecule has 1 fully saturated rings. The lowest BCUT2D eigenvalue weighted by atomic mass is 9.95. The number of hydrogen-bond donors (Lipinski definition) is 1. The van der Waals surface area contributed by atoms with E-state index in [1.54, 1.807) is 0 Å². The highest BCUT2D eigenvalue weighted by atomic mass is 16.5. The van der Waals surface area contributed by atoms with Crippen LogP contribution in [0.25, 0.3) is 0 Å². The van der Waals surface area contributed by atoms with Gasteiger partial charge in [-0.05, 0) is 38.8 Å². The summed E-state index contributed by atoms with van der Waals surface area (Å²) < 4.78 is 5.75. The van der Waals surface area contributed by atoms with E-state index in [0.717, 1.165) is 25.1 Å². The summed E-state index contributed by atoms with van der Waals surface area (Å²) in [5, 5.41) is 10.6. The summed E-state index contributed by atoms with van der Waals surface area (Å²) >= 11 is 0. The van der Waals surface area contributed by atoms with Crippen molar-refractivity contribution in [2.75, 3.05) is 26.7 Å². The van der Waals surface area contributed by atoms with Gasteiger partial charge in [-0.25, -0.2) is 0 Å². The number of hydrogen-bond acceptors (Lipinski definition) is 3. The van der Waals surface area contributed by atoms with Gasteiger partial charge < -0.3 is 14.7 Å². The molecule has 0 saturated carbocycles. The van der Waals surface area contributed by atoms with Crippen LogP contribution in [0.3, 0.4) is 0 Å². The smallest absolute Gasteiger partial charge is 0.0994 e. The molecule has 0 bridgehead atoms. The van der Waals surface area contributed by atoms with Gasteiger partial charge in [0, 0.05) is 19.7 Å². The molecule has 2 unspecified atom stereocenters. The zero-order valence-electron chi connectivity index (χ0n) is 12.0. The van der Waals surface area contributed by atoms with Crippen molar-refractivity contribution in [3.8, 4) is 0 Å². The summed E-state index contributed by atoms with van der Waals surface area (Å²) in [5.41, 5.74) is 0.149. The van der Waals surface area contributed by atoms with Gasteiger partial charge in [-0.3, -0.25) is 0 Å². The minimum absolute atomic E-state index is 0.324. The lowest BCUT2D eigenvalue weighted by molar-refractivity contribution is -0.0252. The molecule has 1 aliphatic rings. The Labute approximate surface area is 116 Å². The van der Waals surface area contributed by atoms with Crippen molar-refractivity contribution in [2.45, 2.75) is 37.9 Å².